The molecule has 2 heterocycles. The van der Waals surface area contributed by atoms with Gasteiger partial charge in [-0.3, -0.25) is 0 Å². The lowest BCUT2D eigenvalue weighted by atomic mass is 10.1. The molecule has 0 radical (unpaired) electrons. The van der Waals surface area contributed by atoms with Crippen LogP contribution in [0.4, 0.5) is 16.3 Å². The molecule has 0 aliphatic rings. The molecule has 2 aromatic heterocycles. The maximum absolute atomic E-state index is 11.2. The number of nitrogens with one attached hydrogen (secondary N) is 2. The first-order chi connectivity index (χ1) is 12.2. The number of rotatable bonds is 4. The molecule has 0 fully saturated rings. The Labute approximate surface area is 144 Å². The lowest BCUT2D eigenvalue weighted by Crippen LogP contribution is -2.24. The van der Waals surface area contributed by atoms with Crippen LogP contribution in [-0.2, 0) is 0 Å². The lowest BCUT2D eigenvalue weighted by molar-refractivity contribution is 0.254. The van der Waals surface area contributed by atoms with E-state index in [0.29, 0.717) is 23.1 Å². The number of carbonyl (C=O) groups is 1. The number of ether oxygens (including phenoxy) is 1. The molecule has 126 valence electrons. The summed E-state index contributed by atoms with van der Waals surface area (Å²) in [5.74, 6) is 1.55. The van der Waals surface area contributed by atoms with E-state index in [-0.39, 0.29) is 6.03 Å². The highest BCUT2D eigenvalue weighted by molar-refractivity contribution is 5.88. The largest absolute Gasteiger partial charge is 0.439 e. The number of urea groups is 1. The topological polar surface area (TPSA) is 102 Å². The zero-order valence-electron chi connectivity index (χ0n) is 13.6. The van der Waals surface area contributed by atoms with Crippen LogP contribution in [0.25, 0.3) is 11.1 Å². The van der Waals surface area contributed by atoms with Crippen LogP contribution in [0.15, 0.2) is 60.9 Å². The number of nitrogens with two attached hydrogens (primary N) is 1. The number of benzene rings is 1. The van der Waals surface area contributed by atoms with E-state index in [1.807, 2.05) is 36.4 Å². The molecular formula is C18H17N5O2. The quantitative estimate of drug-likeness (QED) is 0.679. The van der Waals surface area contributed by atoms with Crippen molar-refractivity contribution in [1.29, 1.82) is 0 Å². The predicted molar refractivity (Wildman–Crippen MR) is 96.5 cm³/mol. The summed E-state index contributed by atoms with van der Waals surface area (Å²) in [4.78, 5) is 19.5. The highest BCUT2D eigenvalue weighted by Gasteiger charge is 2.05. The molecule has 3 aromatic rings. The van der Waals surface area contributed by atoms with Crippen LogP contribution < -0.4 is 21.1 Å². The first-order valence-electron chi connectivity index (χ1n) is 7.59. The molecule has 0 saturated carbocycles. The number of aromatic nitrogens is 2. The second-order valence-electron chi connectivity index (χ2n) is 5.15. The Morgan fingerprint density at radius 2 is 1.88 bits per heavy atom. The molecule has 25 heavy (non-hydrogen) atoms. The average molecular weight is 335 g/mol. The van der Waals surface area contributed by atoms with Gasteiger partial charge in [-0.25, -0.2) is 14.8 Å². The van der Waals surface area contributed by atoms with Crippen molar-refractivity contribution in [2.75, 3.05) is 18.1 Å². The number of carbonyl (C=O) groups excluding carboxylic acids is 1. The first kappa shape index (κ1) is 16.3. The Kier molecular flexibility index (Phi) is 4.75. The van der Waals surface area contributed by atoms with Gasteiger partial charge in [-0.15, -0.1) is 0 Å². The third-order valence-corrected chi connectivity index (χ3v) is 3.45. The van der Waals surface area contributed by atoms with Crippen molar-refractivity contribution in [3.63, 3.8) is 0 Å². The molecule has 7 nitrogen and oxygen atoms in total. The molecule has 0 spiro atoms. The second kappa shape index (κ2) is 7.31. The number of hydrogen-bond donors (Lipinski definition) is 3. The Morgan fingerprint density at radius 3 is 2.52 bits per heavy atom. The standard InChI is InChI=1S/C18H17N5O2/c1-20-18(24)23-13-6-9-16(22-11-13)25-14-7-4-12(5-8-14)15-3-2-10-21-17(15)19/h2-11H,1H3,(H2,19,21)(H2,20,23,24). The minimum Gasteiger partial charge on any atom is -0.439 e. The first-order valence-corrected chi connectivity index (χ1v) is 7.59. The minimum absolute atomic E-state index is 0.305. The molecule has 3 rings (SSSR count). The summed E-state index contributed by atoms with van der Waals surface area (Å²) < 4.78 is 5.70. The Bertz CT molecular complexity index is 863. The normalized spacial score (nSPS) is 10.1. The molecule has 1 aromatic carbocycles. The van der Waals surface area contributed by atoms with Crippen molar-refractivity contribution in [3.05, 3.63) is 60.9 Å². The fraction of sp³-hybridized carbons (Fsp3) is 0.0556. The van der Waals surface area contributed by atoms with Gasteiger partial charge in [0.15, 0.2) is 0 Å². The second-order valence-corrected chi connectivity index (χ2v) is 5.15. The van der Waals surface area contributed by atoms with Gasteiger partial charge in [-0.05, 0) is 35.9 Å². The SMILES string of the molecule is CNC(=O)Nc1ccc(Oc2ccc(-c3cccnc3N)cc2)nc1. The third-order valence-electron chi connectivity index (χ3n) is 3.45. The van der Waals surface area contributed by atoms with Gasteiger partial charge in [0.25, 0.3) is 0 Å². The van der Waals surface area contributed by atoms with Crippen LogP contribution in [-0.4, -0.2) is 23.0 Å². The van der Waals surface area contributed by atoms with Crippen molar-refractivity contribution < 1.29 is 9.53 Å². The van der Waals surface area contributed by atoms with Crippen LogP contribution >= 0.6 is 0 Å². The van der Waals surface area contributed by atoms with Crippen LogP contribution in [0.2, 0.25) is 0 Å². The van der Waals surface area contributed by atoms with E-state index in [0.717, 1.165) is 11.1 Å². The van der Waals surface area contributed by atoms with Crippen molar-refractivity contribution in [2.24, 2.45) is 0 Å². The van der Waals surface area contributed by atoms with E-state index in [4.69, 9.17) is 10.5 Å². The van der Waals surface area contributed by atoms with E-state index in [9.17, 15) is 4.79 Å². The number of hydrogen-bond acceptors (Lipinski definition) is 5. The Morgan fingerprint density at radius 1 is 1.08 bits per heavy atom. The van der Waals surface area contributed by atoms with E-state index in [1.165, 1.54) is 6.20 Å². The van der Waals surface area contributed by atoms with Crippen LogP contribution in [0, 0.1) is 0 Å². The Balaban J connectivity index is 1.69. The van der Waals surface area contributed by atoms with Gasteiger partial charge < -0.3 is 21.1 Å². The number of nitrogens with zero attached hydrogens (tertiary/aromatic N) is 2. The molecule has 0 aliphatic carbocycles. The highest BCUT2D eigenvalue weighted by Crippen LogP contribution is 2.27. The molecular weight excluding hydrogens is 318 g/mol. The molecule has 0 aliphatic heterocycles. The number of pyridine rings is 2. The van der Waals surface area contributed by atoms with Crippen molar-refractivity contribution in [3.8, 4) is 22.8 Å². The molecule has 4 N–H and O–H groups in total. The van der Waals surface area contributed by atoms with Gasteiger partial charge in [-0.2, -0.15) is 0 Å². The monoisotopic (exact) mass is 335 g/mol. The van der Waals surface area contributed by atoms with Gasteiger partial charge in [0.2, 0.25) is 5.88 Å². The Hall–Kier alpha value is -3.61. The summed E-state index contributed by atoms with van der Waals surface area (Å²) in [6.45, 7) is 0. The van der Waals surface area contributed by atoms with Gasteiger partial charge in [0.05, 0.1) is 11.9 Å². The molecule has 7 heteroatoms. The van der Waals surface area contributed by atoms with E-state index < -0.39 is 0 Å². The van der Waals surface area contributed by atoms with Crippen molar-refractivity contribution in [1.82, 2.24) is 15.3 Å². The fourth-order valence-corrected chi connectivity index (χ4v) is 2.19. The van der Waals surface area contributed by atoms with Crippen molar-refractivity contribution in [2.45, 2.75) is 0 Å². The minimum atomic E-state index is -0.305. The fourth-order valence-electron chi connectivity index (χ4n) is 2.19. The van der Waals surface area contributed by atoms with Crippen LogP contribution in [0.3, 0.4) is 0 Å². The van der Waals surface area contributed by atoms with Crippen LogP contribution in [0.5, 0.6) is 11.6 Å². The molecule has 0 bridgehead atoms. The third kappa shape index (κ3) is 4.03. The maximum atomic E-state index is 11.2. The van der Waals surface area contributed by atoms with Crippen LogP contribution in [0.1, 0.15) is 0 Å². The average Bonchev–Trinajstić information content (AvgIpc) is 2.64. The highest BCUT2D eigenvalue weighted by atomic mass is 16.5. The van der Waals surface area contributed by atoms with Gasteiger partial charge in [0.1, 0.15) is 11.6 Å². The molecule has 2 amide bonds. The van der Waals surface area contributed by atoms with E-state index in [2.05, 4.69) is 20.6 Å². The molecule has 0 unspecified atom stereocenters. The van der Waals surface area contributed by atoms with E-state index in [1.54, 1.807) is 25.4 Å². The van der Waals surface area contributed by atoms with Crippen molar-refractivity contribution >= 4 is 17.5 Å². The summed E-state index contributed by atoms with van der Waals surface area (Å²) in [5.41, 5.74) is 8.29. The summed E-state index contributed by atoms with van der Waals surface area (Å²) in [6.07, 6.45) is 3.18. The van der Waals surface area contributed by atoms with Gasteiger partial charge in [0, 0.05) is 24.9 Å². The van der Waals surface area contributed by atoms with Gasteiger partial charge in [-0.1, -0.05) is 12.1 Å². The summed E-state index contributed by atoms with van der Waals surface area (Å²) >= 11 is 0. The van der Waals surface area contributed by atoms with Gasteiger partial charge >= 0.3 is 6.03 Å². The number of anilines is 2. The summed E-state index contributed by atoms with van der Waals surface area (Å²) in [5, 5.41) is 5.10. The maximum Gasteiger partial charge on any atom is 0.319 e. The summed E-state index contributed by atoms with van der Waals surface area (Å²) in [7, 11) is 1.54. The smallest absolute Gasteiger partial charge is 0.319 e. The lowest BCUT2D eigenvalue weighted by Gasteiger charge is -2.08. The zero-order chi connectivity index (χ0) is 17.6. The number of amides is 2. The van der Waals surface area contributed by atoms with E-state index >= 15 is 0 Å². The summed E-state index contributed by atoms with van der Waals surface area (Å²) in [6, 6.07) is 14.3. The zero-order valence-corrected chi connectivity index (χ0v) is 13.6. The molecule has 0 atom stereocenters. The molecule has 0 saturated heterocycles. The predicted octanol–water partition coefficient (Wildman–Crippen LogP) is 3.27. The number of nitrogen functional groups attached to an aromatic ring is 1.